The van der Waals surface area contributed by atoms with Crippen LogP contribution >= 0.6 is 0 Å². The Kier molecular flexibility index (Phi) is 6.75. The molecular weight excluding hydrogens is 402 g/mol. The maximum absolute atomic E-state index is 13.0. The molecule has 1 aliphatic rings. The highest BCUT2D eigenvalue weighted by molar-refractivity contribution is 7.89. The molecule has 0 aromatic heterocycles. The van der Waals surface area contributed by atoms with E-state index < -0.39 is 15.9 Å². The Labute approximate surface area is 177 Å². The summed E-state index contributed by atoms with van der Waals surface area (Å²) in [6.45, 7) is 0.928. The van der Waals surface area contributed by atoms with Crippen molar-refractivity contribution in [3.63, 3.8) is 0 Å². The molecule has 7 nitrogen and oxygen atoms in total. The van der Waals surface area contributed by atoms with Crippen LogP contribution in [0.4, 0.5) is 0 Å². The van der Waals surface area contributed by atoms with E-state index in [0.717, 1.165) is 5.56 Å². The van der Waals surface area contributed by atoms with Crippen molar-refractivity contribution < 1.29 is 17.9 Å². The number of nitrogens with zero attached hydrogens (tertiary/aromatic N) is 3. The summed E-state index contributed by atoms with van der Waals surface area (Å²) < 4.78 is 32.5. The molecule has 2 aromatic carbocycles. The fourth-order valence-corrected chi connectivity index (χ4v) is 5.19. The van der Waals surface area contributed by atoms with Gasteiger partial charge in [-0.3, -0.25) is 4.79 Å². The lowest BCUT2D eigenvalue weighted by Gasteiger charge is -2.33. The number of ether oxygens (including phenoxy) is 1. The number of carbonyl (C=O) groups is 1. The normalized spacial score (nSPS) is 17.2. The summed E-state index contributed by atoms with van der Waals surface area (Å²) in [5, 5.41) is 9.04. The molecule has 0 saturated carbocycles. The van der Waals surface area contributed by atoms with Gasteiger partial charge in [0.25, 0.3) is 0 Å². The minimum Gasteiger partial charge on any atom is -0.497 e. The number of sulfonamides is 1. The Morgan fingerprint density at radius 3 is 2.67 bits per heavy atom. The van der Waals surface area contributed by atoms with Crippen molar-refractivity contribution in [2.75, 3.05) is 27.2 Å². The van der Waals surface area contributed by atoms with E-state index in [9.17, 15) is 13.2 Å². The molecule has 0 spiro atoms. The fraction of sp³-hybridized carbons (Fsp3) is 0.364. The van der Waals surface area contributed by atoms with Crippen LogP contribution in [0.2, 0.25) is 0 Å². The lowest BCUT2D eigenvalue weighted by molar-refractivity contribution is -0.135. The molecule has 1 unspecified atom stereocenters. The van der Waals surface area contributed by atoms with Crippen molar-refractivity contribution >= 4 is 15.9 Å². The molecule has 2 aromatic rings. The van der Waals surface area contributed by atoms with Gasteiger partial charge in [-0.05, 0) is 54.8 Å². The second-order valence-corrected chi connectivity index (χ2v) is 9.32. The van der Waals surface area contributed by atoms with Crippen LogP contribution in [0, 0.1) is 17.2 Å². The molecule has 0 bridgehead atoms. The molecule has 1 heterocycles. The van der Waals surface area contributed by atoms with E-state index in [1.165, 1.54) is 23.5 Å². The Morgan fingerprint density at radius 2 is 2.00 bits per heavy atom. The van der Waals surface area contributed by atoms with E-state index >= 15 is 0 Å². The highest BCUT2D eigenvalue weighted by Crippen LogP contribution is 2.26. The molecular formula is C22H25N3O4S. The van der Waals surface area contributed by atoms with Crippen LogP contribution in [0.25, 0.3) is 0 Å². The van der Waals surface area contributed by atoms with E-state index in [1.807, 2.05) is 6.07 Å². The second kappa shape index (κ2) is 9.28. The fourth-order valence-electron chi connectivity index (χ4n) is 3.66. The number of nitriles is 1. The molecule has 0 radical (unpaired) electrons. The zero-order valence-electron chi connectivity index (χ0n) is 17.1. The van der Waals surface area contributed by atoms with Crippen LogP contribution in [0.3, 0.4) is 0 Å². The van der Waals surface area contributed by atoms with Gasteiger partial charge in [0.05, 0.1) is 29.6 Å². The first-order chi connectivity index (χ1) is 14.3. The number of methoxy groups -OCH3 is 1. The van der Waals surface area contributed by atoms with Crippen molar-refractivity contribution in [3.05, 3.63) is 59.7 Å². The van der Waals surface area contributed by atoms with Crippen molar-refractivity contribution in [3.8, 4) is 11.8 Å². The first kappa shape index (κ1) is 21.8. The highest BCUT2D eigenvalue weighted by Gasteiger charge is 2.34. The van der Waals surface area contributed by atoms with Gasteiger partial charge in [0.1, 0.15) is 5.75 Å². The third kappa shape index (κ3) is 4.81. The predicted octanol–water partition coefficient (Wildman–Crippen LogP) is 2.63. The Hall–Kier alpha value is -2.89. The zero-order chi connectivity index (χ0) is 21.7. The molecule has 1 fully saturated rings. The van der Waals surface area contributed by atoms with E-state index in [2.05, 4.69) is 6.07 Å². The average molecular weight is 428 g/mol. The SMILES string of the molecule is COc1ccc(S(=O)(=O)N2CCCC(C(=O)N(C)Cc3cccc(C#N)c3)C2)cc1. The number of rotatable bonds is 6. The molecule has 0 N–H and O–H groups in total. The molecule has 158 valence electrons. The summed E-state index contributed by atoms with van der Waals surface area (Å²) >= 11 is 0. The van der Waals surface area contributed by atoms with Gasteiger partial charge in [0.15, 0.2) is 0 Å². The summed E-state index contributed by atoms with van der Waals surface area (Å²) in [6.07, 6.45) is 1.28. The van der Waals surface area contributed by atoms with E-state index in [-0.39, 0.29) is 17.3 Å². The van der Waals surface area contributed by atoms with E-state index in [4.69, 9.17) is 10.00 Å². The van der Waals surface area contributed by atoms with Crippen molar-refractivity contribution in [1.29, 1.82) is 5.26 Å². The molecule has 8 heteroatoms. The third-order valence-corrected chi connectivity index (χ3v) is 7.16. The second-order valence-electron chi connectivity index (χ2n) is 7.38. The molecule has 1 saturated heterocycles. The van der Waals surface area contributed by atoms with Crippen molar-refractivity contribution in [2.45, 2.75) is 24.3 Å². The van der Waals surface area contributed by atoms with Crippen LogP contribution in [0.1, 0.15) is 24.0 Å². The summed E-state index contributed by atoms with van der Waals surface area (Å²) in [6, 6.07) is 15.5. The van der Waals surface area contributed by atoms with Gasteiger partial charge in [-0.15, -0.1) is 0 Å². The average Bonchev–Trinajstić information content (AvgIpc) is 2.78. The maximum atomic E-state index is 13.0. The first-order valence-electron chi connectivity index (χ1n) is 9.73. The Bertz CT molecular complexity index is 1040. The monoisotopic (exact) mass is 427 g/mol. The van der Waals surface area contributed by atoms with Gasteiger partial charge in [0.2, 0.25) is 15.9 Å². The minimum absolute atomic E-state index is 0.0907. The lowest BCUT2D eigenvalue weighted by Crippen LogP contribution is -2.45. The predicted molar refractivity (Wildman–Crippen MR) is 112 cm³/mol. The topological polar surface area (TPSA) is 90.7 Å². The van der Waals surface area contributed by atoms with Gasteiger partial charge >= 0.3 is 0 Å². The number of benzene rings is 2. The number of amides is 1. The summed E-state index contributed by atoms with van der Waals surface area (Å²) in [7, 11) is -0.444. The first-order valence-corrected chi connectivity index (χ1v) is 11.2. The number of hydrogen-bond donors (Lipinski definition) is 0. The van der Waals surface area contributed by atoms with Crippen molar-refractivity contribution in [2.24, 2.45) is 5.92 Å². The van der Waals surface area contributed by atoms with Gasteiger partial charge < -0.3 is 9.64 Å². The van der Waals surface area contributed by atoms with Crippen LogP contribution in [-0.2, 0) is 21.4 Å². The van der Waals surface area contributed by atoms with Crippen LogP contribution in [0.5, 0.6) is 5.75 Å². The summed E-state index contributed by atoms with van der Waals surface area (Å²) in [4.78, 5) is 14.8. The molecule has 1 atom stereocenters. The number of hydrogen-bond acceptors (Lipinski definition) is 5. The largest absolute Gasteiger partial charge is 0.497 e. The van der Waals surface area contributed by atoms with E-state index in [0.29, 0.717) is 37.2 Å². The van der Waals surface area contributed by atoms with Gasteiger partial charge in [0, 0.05) is 26.7 Å². The van der Waals surface area contributed by atoms with E-state index in [1.54, 1.807) is 42.3 Å². The number of piperidine rings is 1. The van der Waals surface area contributed by atoms with Crippen LogP contribution in [-0.4, -0.2) is 50.8 Å². The van der Waals surface area contributed by atoms with Gasteiger partial charge in [-0.2, -0.15) is 9.57 Å². The smallest absolute Gasteiger partial charge is 0.243 e. The lowest BCUT2D eigenvalue weighted by atomic mass is 9.98. The molecule has 0 aliphatic carbocycles. The molecule has 30 heavy (non-hydrogen) atoms. The standard InChI is InChI=1S/C22H25N3O4S/c1-24(15-18-6-3-5-17(13-18)14-23)22(26)19-7-4-12-25(16-19)30(27,28)21-10-8-20(29-2)9-11-21/h3,5-6,8-11,13,19H,4,7,12,15-16H2,1-2H3. The van der Waals surface area contributed by atoms with Gasteiger partial charge in [-0.1, -0.05) is 12.1 Å². The Morgan fingerprint density at radius 1 is 1.27 bits per heavy atom. The minimum atomic E-state index is -3.68. The highest BCUT2D eigenvalue weighted by atomic mass is 32.2. The quantitative estimate of drug-likeness (QED) is 0.707. The summed E-state index contributed by atoms with van der Waals surface area (Å²) in [5.41, 5.74) is 1.41. The maximum Gasteiger partial charge on any atom is 0.243 e. The number of carbonyl (C=O) groups excluding carboxylic acids is 1. The van der Waals surface area contributed by atoms with Gasteiger partial charge in [-0.25, -0.2) is 8.42 Å². The van der Waals surface area contributed by atoms with Crippen molar-refractivity contribution in [1.82, 2.24) is 9.21 Å². The third-order valence-electron chi connectivity index (χ3n) is 5.28. The Balaban J connectivity index is 1.69. The molecule has 1 aliphatic heterocycles. The van der Waals surface area contributed by atoms with Crippen LogP contribution in [0.15, 0.2) is 53.4 Å². The summed E-state index contributed by atoms with van der Waals surface area (Å²) in [5.74, 6) is 0.102. The molecule has 3 rings (SSSR count). The zero-order valence-corrected chi connectivity index (χ0v) is 17.9. The van der Waals surface area contributed by atoms with Crippen LogP contribution < -0.4 is 4.74 Å². The molecule has 1 amide bonds.